The molecule has 0 spiro atoms. The number of unbranched alkanes of at least 4 members (excludes halogenated alkanes) is 1. The maximum Gasteiger partial charge on any atom is 0.169 e. The first-order chi connectivity index (χ1) is 14.7. The quantitative estimate of drug-likeness (QED) is 0.239. The van der Waals surface area contributed by atoms with Crippen LogP contribution in [-0.2, 0) is 0 Å². The topological polar surface area (TPSA) is 149 Å². The van der Waals surface area contributed by atoms with Crippen LogP contribution in [0.5, 0.6) is 17.2 Å². The van der Waals surface area contributed by atoms with Crippen molar-refractivity contribution in [1.29, 1.82) is 0 Å². The van der Waals surface area contributed by atoms with E-state index in [-0.39, 0.29) is 23.1 Å². The predicted octanol–water partition coefficient (Wildman–Crippen LogP) is 3.80. The van der Waals surface area contributed by atoms with Crippen LogP contribution >= 0.6 is 0 Å². The molecule has 0 amide bonds. The number of methoxy groups -OCH3 is 1. The molecule has 0 unspecified atom stereocenters. The summed E-state index contributed by atoms with van der Waals surface area (Å²) in [5.74, 6) is 1.93. The summed E-state index contributed by atoms with van der Waals surface area (Å²) >= 11 is 0. The minimum absolute atomic E-state index is 0.0689. The van der Waals surface area contributed by atoms with E-state index in [0.717, 1.165) is 12.0 Å². The number of hydrogen-bond acceptors (Lipinski definition) is 8. The van der Waals surface area contributed by atoms with Crippen molar-refractivity contribution in [2.24, 2.45) is 5.92 Å². The number of nitrogens with two attached hydrogens (primary N) is 4. The molecule has 31 heavy (non-hydrogen) atoms. The molecule has 0 saturated heterocycles. The highest BCUT2D eigenvalue weighted by Crippen LogP contribution is 2.38. The van der Waals surface area contributed by atoms with Crippen LogP contribution in [0.25, 0.3) is 0 Å². The fourth-order valence-corrected chi connectivity index (χ4v) is 3.24. The lowest BCUT2D eigenvalue weighted by atomic mass is 9.98. The van der Waals surface area contributed by atoms with Gasteiger partial charge >= 0.3 is 0 Å². The maximum atomic E-state index is 12.5. The molecule has 0 radical (unpaired) electrons. The van der Waals surface area contributed by atoms with E-state index in [9.17, 15) is 4.79 Å². The van der Waals surface area contributed by atoms with E-state index in [2.05, 4.69) is 0 Å². The molecule has 2 rings (SSSR count). The first-order valence-corrected chi connectivity index (χ1v) is 10.4. The number of carbonyl (C=O) groups excluding carboxylic acids is 1. The fraction of sp³-hybridized carbons (Fsp3) is 0.435. The molecule has 0 fully saturated rings. The lowest BCUT2D eigenvalue weighted by Crippen LogP contribution is -2.09. The van der Waals surface area contributed by atoms with Crippen LogP contribution in [0.4, 0.5) is 22.7 Å². The molecule has 0 aliphatic carbocycles. The Morgan fingerprint density at radius 2 is 1.52 bits per heavy atom. The second-order valence-electron chi connectivity index (χ2n) is 7.91. The van der Waals surface area contributed by atoms with Crippen molar-refractivity contribution in [3.8, 4) is 17.2 Å². The normalized spacial score (nSPS) is 10.9. The molecule has 0 aliphatic heterocycles. The molecule has 2 aromatic carbocycles. The average molecular weight is 431 g/mol. The number of benzene rings is 2. The number of hydrogen-bond donors (Lipinski definition) is 4. The maximum absolute atomic E-state index is 12.5. The minimum atomic E-state index is 0.0689. The van der Waals surface area contributed by atoms with Gasteiger partial charge in [-0.2, -0.15) is 0 Å². The van der Waals surface area contributed by atoms with Gasteiger partial charge in [-0.15, -0.1) is 0 Å². The molecule has 0 heterocycles. The lowest BCUT2D eigenvalue weighted by molar-refractivity contribution is 0.0964. The molecule has 0 aliphatic rings. The van der Waals surface area contributed by atoms with Gasteiger partial charge in [0.25, 0.3) is 0 Å². The molecule has 8 N–H and O–H groups in total. The van der Waals surface area contributed by atoms with Gasteiger partial charge in [-0.25, -0.2) is 0 Å². The summed E-state index contributed by atoms with van der Waals surface area (Å²) in [5.41, 5.74) is 26.1. The van der Waals surface area contributed by atoms with E-state index in [0.29, 0.717) is 60.2 Å². The SMILES string of the molecule is COc1c(C(=O)CC(C)C)ccc(OCCCCOc2c(N)c(N)cc(N)c2N)c1C. The van der Waals surface area contributed by atoms with Gasteiger partial charge in [0.05, 0.1) is 48.6 Å². The van der Waals surface area contributed by atoms with Crippen LogP contribution in [0.3, 0.4) is 0 Å². The number of ketones is 1. The standard InChI is InChI=1S/C23H34N4O4/c1-13(2)11-18(28)15-7-8-19(14(3)22(15)29-4)30-9-5-6-10-31-23-20(26)16(24)12-17(25)21(23)27/h7-8,12-13H,5-6,9-11,24-27H2,1-4H3. The van der Waals surface area contributed by atoms with Crippen LogP contribution in [0, 0.1) is 12.8 Å². The number of rotatable bonds is 11. The van der Waals surface area contributed by atoms with Gasteiger partial charge in [-0.05, 0) is 43.9 Å². The van der Waals surface area contributed by atoms with Crippen LogP contribution in [-0.4, -0.2) is 26.1 Å². The summed E-state index contributed by atoms with van der Waals surface area (Å²) in [4.78, 5) is 12.5. The first kappa shape index (κ1) is 24.0. The molecule has 0 aromatic heterocycles. The van der Waals surface area contributed by atoms with E-state index < -0.39 is 0 Å². The first-order valence-electron chi connectivity index (χ1n) is 10.4. The van der Waals surface area contributed by atoms with Gasteiger partial charge in [0.2, 0.25) is 0 Å². The predicted molar refractivity (Wildman–Crippen MR) is 126 cm³/mol. The number of carbonyl (C=O) groups is 1. The molecule has 2 aromatic rings. The van der Waals surface area contributed by atoms with Crippen molar-refractivity contribution in [2.45, 2.75) is 40.0 Å². The summed E-state index contributed by atoms with van der Waals surface area (Å²) in [7, 11) is 1.57. The number of Topliss-reactive ketones (excluding diaryl/α,β-unsaturated/α-hetero) is 1. The van der Waals surface area contributed by atoms with Gasteiger partial charge < -0.3 is 37.1 Å². The molecule has 170 valence electrons. The van der Waals surface area contributed by atoms with Crippen molar-refractivity contribution < 1.29 is 19.0 Å². The van der Waals surface area contributed by atoms with E-state index in [1.807, 2.05) is 26.8 Å². The van der Waals surface area contributed by atoms with E-state index in [1.54, 1.807) is 13.2 Å². The molecule has 8 heteroatoms. The molecular formula is C23H34N4O4. The van der Waals surface area contributed by atoms with Gasteiger partial charge in [0, 0.05) is 12.0 Å². The minimum Gasteiger partial charge on any atom is -0.496 e. The van der Waals surface area contributed by atoms with E-state index in [4.69, 9.17) is 37.1 Å². The third kappa shape index (κ3) is 5.87. The van der Waals surface area contributed by atoms with Crippen molar-refractivity contribution in [3.63, 3.8) is 0 Å². The Balaban J connectivity index is 1.90. The van der Waals surface area contributed by atoms with Gasteiger partial charge in [-0.3, -0.25) is 4.79 Å². The zero-order chi connectivity index (χ0) is 23.1. The highest BCUT2D eigenvalue weighted by molar-refractivity contribution is 5.99. The second kappa shape index (κ2) is 10.7. The monoisotopic (exact) mass is 430 g/mol. The van der Waals surface area contributed by atoms with Crippen molar-refractivity contribution in [3.05, 3.63) is 29.3 Å². The smallest absolute Gasteiger partial charge is 0.169 e. The third-order valence-corrected chi connectivity index (χ3v) is 4.92. The molecule has 0 bridgehead atoms. The highest BCUT2D eigenvalue weighted by Gasteiger charge is 2.18. The summed E-state index contributed by atoms with van der Waals surface area (Å²) in [6.07, 6.45) is 1.94. The summed E-state index contributed by atoms with van der Waals surface area (Å²) in [6.45, 7) is 6.80. The lowest BCUT2D eigenvalue weighted by Gasteiger charge is -2.16. The Morgan fingerprint density at radius 1 is 0.935 bits per heavy atom. The van der Waals surface area contributed by atoms with Gasteiger partial charge in [-0.1, -0.05) is 13.8 Å². The Morgan fingerprint density at radius 3 is 2.06 bits per heavy atom. The zero-order valence-electron chi connectivity index (χ0n) is 18.8. The Bertz CT molecular complexity index is 902. The summed E-state index contributed by atoms with van der Waals surface area (Å²) < 4.78 is 17.1. The summed E-state index contributed by atoms with van der Waals surface area (Å²) in [5, 5.41) is 0. The average Bonchev–Trinajstić information content (AvgIpc) is 2.71. The van der Waals surface area contributed by atoms with Gasteiger partial charge in [0.1, 0.15) is 11.5 Å². The Hall–Kier alpha value is -3.29. The van der Waals surface area contributed by atoms with E-state index in [1.165, 1.54) is 6.07 Å². The number of anilines is 4. The van der Waals surface area contributed by atoms with Gasteiger partial charge in [0.15, 0.2) is 11.5 Å². The largest absolute Gasteiger partial charge is 0.496 e. The zero-order valence-corrected chi connectivity index (χ0v) is 18.8. The van der Waals surface area contributed by atoms with E-state index >= 15 is 0 Å². The van der Waals surface area contributed by atoms with Crippen LogP contribution in [0.1, 0.15) is 49.0 Å². The highest BCUT2D eigenvalue weighted by atomic mass is 16.5. The second-order valence-corrected chi connectivity index (χ2v) is 7.91. The molecule has 8 nitrogen and oxygen atoms in total. The molecular weight excluding hydrogens is 396 g/mol. The molecule has 0 saturated carbocycles. The number of ether oxygens (including phenoxy) is 3. The Kier molecular flexibility index (Phi) is 8.24. The third-order valence-electron chi connectivity index (χ3n) is 4.92. The Labute approximate surface area is 183 Å². The fourth-order valence-electron chi connectivity index (χ4n) is 3.24. The van der Waals surface area contributed by atoms with Crippen LogP contribution in [0.2, 0.25) is 0 Å². The van der Waals surface area contributed by atoms with Crippen molar-refractivity contribution >= 4 is 28.5 Å². The number of nitrogen functional groups attached to an aromatic ring is 4. The van der Waals surface area contributed by atoms with Crippen molar-refractivity contribution in [2.75, 3.05) is 43.3 Å². The molecule has 0 atom stereocenters. The summed E-state index contributed by atoms with van der Waals surface area (Å²) in [6, 6.07) is 5.10. The van der Waals surface area contributed by atoms with Crippen LogP contribution < -0.4 is 37.1 Å². The van der Waals surface area contributed by atoms with Crippen LogP contribution in [0.15, 0.2) is 18.2 Å². The van der Waals surface area contributed by atoms with Crippen molar-refractivity contribution in [1.82, 2.24) is 0 Å².